The molecule has 0 spiro atoms. The van der Waals surface area contributed by atoms with Crippen molar-refractivity contribution in [2.75, 3.05) is 23.8 Å². The summed E-state index contributed by atoms with van der Waals surface area (Å²) in [4.78, 5) is 44.8. The number of hydrogen-bond acceptors (Lipinski definition) is 7. The molecule has 1 aliphatic rings. The molecule has 2 heterocycles. The topological polar surface area (TPSA) is 87.7 Å². The highest BCUT2D eigenvalue weighted by atomic mass is 32.2. The van der Waals surface area contributed by atoms with Crippen molar-refractivity contribution in [3.8, 4) is 0 Å². The molecule has 2 N–H and O–H groups in total. The molecule has 0 fully saturated rings. The van der Waals surface area contributed by atoms with Gasteiger partial charge in [-0.1, -0.05) is 84.9 Å². The Morgan fingerprint density at radius 3 is 2.38 bits per heavy atom. The largest absolute Gasteiger partial charge is 0.462 e. The van der Waals surface area contributed by atoms with E-state index in [0.717, 1.165) is 39.6 Å². The van der Waals surface area contributed by atoms with E-state index in [2.05, 4.69) is 27.7 Å². The number of anilines is 2. The molecule has 1 atom stereocenters. The number of fused-ring (bicyclic) bond motifs is 1. The first-order valence-electron chi connectivity index (χ1n) is 16.0. The van der Waals surface area contributed by atoms with E-state index in [1.807, 2.05) is 97.9 Å². The van der Waals surface area contributed by atoms with Gasteiger partial charge in [0, 0.05) is 40.7 Å². The zero-order valence-corrected chi connectivity index (χ0v) is 28.5. The molecule has 48 heavy (non-hydrogen) atoms. The predicted molar refractivity (Wildman–Crippen MR) is 194 cm³/mol. The summed E-state index contributed by atoms with van der Waals surface area (Å²) >= 11 is 2.84. The quantitative estimate of drug-likeness (QED) is 0.108. The van der Waals surface area contributed by atoms with E-state index in [0.29, 0.717) is 34.8 Å². The molecule has 6 rings (SSSR count). The minimum atomic E-state index is -0.628. The Morgan fingerprint density at radius 1 is 0.896 bits per heavy atom. The number of carbonyl (C=O) groups is 3. The molecule has 1 aromatic heterocycles. The van der Waals surface area contributed by atoms with E-state index >= 15 is 0 Å². The van der Waals surface area contributed by atoms with Gasteiger partial charge in [-0.05, 0) is 66.8 Å². The van der Waals surface area contributed by atoms with Gasteiger partial charge < -0.3 is 15.4 Å². The highest BCUT2D eigenvalue weighted by molar-refractivity contribution is 8.00. The molecule has 0 saturated heterocycles. The molecule has 1 unspecified atom stereocenters. The Morgan fingerprint density at radius 2 is 1.62 bits per heavy atom. The summed E-state index contributed by atoms with van der Waals surface area (Å²) in [6.45, 7) is 6.24. The molecule has 0 radical (unpaired) electrons. The van der Waals surface area contributed by atoms with E-state index < -0.39 is 11.2 Å². The van der Waals surface area contributed by atoms with Crippen LogP contribution in [0.15, 0.2) is 114 Å². The number of benzene rings is 4. The third-order valence-corrected chi connectivity index (χ3v) is 10.6. The maximum absolute atomic E-state index is 14.2. The molecule has 0 bridgehead atoms. The molecule has 2 amide bonds. The van der Waals surface area contributed by atoms with E-state index in [1.54, 1.807) is 13.0 Å². The van der Waals surface area contributed by atoms with Crippen LogP contribution in [0.25, 0.3) is 0 Å². The number of esters is 1. The lowest BCUT2D eigenvalue weighted by Crippen LogP contribution is -2.30. The van der Waals surface area contributed by atoms with Crippen molar-refractivity contribution < 1.29 is 19.1 Å². The minimum absolute atomic E-state index is 0.192. The van der Waals surface area contributed by atoms with Gasteiger partial charge in [-0.15, -0.1) is 23.1 Å². The van der Waals surface area contributed by atoms with Gasteiger partial charge in [0.1, 0.15) is 10.3 Å². The Bertz CT molecular complexity index is 1910. The number of thioether (sulfide) groups is 1. The molecule has 9 heteroatoms. The summed E-state index contributed by atoms with van der Waals surface area (Å²) in [6.07, 6.45) is 0.695. The molecule has 0 saturated carbocycles. The van der Waals surface area contributed by atoms with Crippen LogP contribution in [0.4, 0.5) is 10.7 Å². The Balaban J connectivity index is 1.25. The SMILES string of the molecule is CCOC(=O)c1c(NC(=O)C(Sc2cccc(NC(=O)c3ccccc3C)c2)c2ccccc2)sc2c1CCN(Cc1ccccc1)C2. The fourth-order valence-electron chi connectivity index (χ4n) is 5.83. The number of thiophene rings is 1. The van der Waals surface area contributed by atoms with Crippen molar-refractivity contribution in [3.05, 3.63) is 147 Å². The molecular formula is C39H37N3O4S2. The summed E-state index contributed by atoms with van der Waals surface area (Å²) in [7, 11) is 0. The van der Waals surface area contributed by atoms with Crippen LogP contribution < -0.4 is 10.6 Å². The summed E-state index contributed by atoms with van der Waals surface area (Å²) in [5, 5.41) is 6.02. The Kier molecular flexibility index (Phi) is 10.7. The third kappa shape index (κ3) is 7.87. The standard InChI is InChI=1S/C39H37N3O4S2/c1-3-46-39(45)34-32-21-22-42(24-27-14-6-4-7-15-27)25-33(32)48-38(34)41-37(44)35(28-16-8-5-9-17-28)47-30-19-12-18-29(23-30)40-36(43)31-20-11-10-13-26(31)2/h4-20,23,35H,3,21-22,24-25H2,1-2H3,(H,40,43)(H,41,44). The van der Waals surface area contributed by atoms with Crippen LogP contribution in [0.3, 0.4) is 0 Å². The fourth-order valence-corrected chi connectivity index (χ4v) is 8.19. The highest BCUT2D eigenvalue weighted by Crippen LogP contribution is 2.41. The normalized spacial score (nSPS) is 13.3. The van der Waals surface area contributed by atoms with Crippen molar-refractivity contribution in [1.82, 2.24) is 4.90 Å². The second-order valence-corrected chi connectivity index (χ2v) is 13.9. The number of aryl methyl sites for hydroxylation is 1. The highest BCUT2D eigenvalue weighted by Gasteiger charge is 2.31. The summed E-state index contributed by atoms with van der Waals surface area (Å²) in [5.74, 6) is -0.850. The predicted octanol–water partition coefficient (Wildman–Crippen LogP) is 8.52. The number of carbonyl (C=O) groups excluding carboxylic acids is 3. The lowest BCUT2D eigenvalue weighted by atomic mass is 10.0. The first-order chi connectivity index (χ1) is 23.4. The maximum atomic E-state index is 14.2. The van der Waals surface area contributed by atoms with Gasteiger partial charge in [-0.3, -0.25) is 14.5 Å². The Labute approximate surface area is 289 Å². The molecule has 4 aromatic carbocycles. The zero-order chi connectivity index (χ0) is 33.5. The van der Waals surface area contributed by atoms with Crippen LogP contribution in [0.5, 0.6) is 0 Å². The van der Waals surface area contributed by atoms with Gasteiger partial charge in [-0.2, -0.15) is 0 Å². The molecule has 7 nitrogen and oxygen atoms in total. The van der Waals surface area contributed by atoms with Crippen LogP contribution >= 0.6 is 23.1 Å². The van der Waals surface area contributed by atoms with Gasteiger partial charge in [-0.25, -0.2) is 4.79 Å². The van der Waals surface area contributed by atoms with Crippen molar-refractivity contribution in [2.45, 2.75) is 43.5 Å². The van der Waals surface area contributed by atoms with Crippen LogP contribution in [0.1, 0.15) is 60.0 Å². The van der Waals surface area contributed by atoms with Crippen LogP contribution in [-0.4, -0.2) is 35.8 Å². The lowest BCUT2D eigenvalue weighted by Gasteiger charge is -2.27. The number of ether oxygens (including phenoxy) is 1. The van der Waals surface area contributed by atoms with Crippen LogP contribution in [-0.2, 0) is 29.0 Å². The van der Waals surface area contributed by atoms with Crippen molar-refractivity contribution in [3.63, 3.8) is 0 Å². The second kappa shape index (κ2) is 15.5. The second-order valence-electron chi connectivity index (χ2n) is 11.6. The van der Waals surface area contributed by atoms with Crippen molar-refractivity contribution >= 4 is 51.6 Å². The van der Waals surface area contributed by atoms with Gasteiger partial charge >= 0.3 is 5.97 Å². The number of nitrogens with zero attached hydrogens (tertiary/aromatic N) is 1. The summed E-state index contributed by atoms with van der Waals surface area (Å²) < 4.78 is 5.49. The monoisotopic (exact) mass is 675 g/mol. The lowest BCUT2D eigenvalue weighted by molar-refractivity contribution is -0.115. The first-order valence-corrected chi connectivity index (χ1v) is 17.7. The third-order valence-electron chi connectivity index (χ3n) is 8.18. The summed E-state index contributed by atoms with van der Waals surface area (Å²) in [5.41, 5.74) is 5.61. The van der Waals surface area contributed by atoms with Gasteiger partial charge in [0.15, 0.2) is 0 Å². The zero-order valence-electron chi connectivity index (χ0n) is 26.9. The molecule has 244 valence electrons. The fraction of sp³-hybridized carbons (Fsp3) is 0.205. The average molecular weight is 676 g/mol. The van der Waals surface area contributed by atoms with Gasteiger partial charge in [0.2, 0.25) is 5.91 Å². The number of rotatable bonds is 11. The van der Waals surface area contributed by atoms with E-state index in [1.165, 1.54) is 28.7 Å². The Hall–Kier alpha value is -4.70. The molecule has 1 aliphatic heterocycles. The molecular weight excluding hydrogens is 639 g/mol. The van der Waals surface area contributed by atoms with Gasteiger partial charge in [0.25, 0.3) is 5.91 Å². The maximum Gasteiger partial charge on any atom is 0.341 e. The van der Waals surface area contributed by atoms with Gasteiger partial charge in [0.05, 0.1) is 12.2 Å². The number of hydrogen-bond donors (Lipinski definition) is 2. The average Bonchev–Trinajstić information content (AvgIpc) is 3.45. The van der Waals surface area contributed by atoms with Crippen LogP contribution in [0, 0.1) is 6.92 Å². The van der Waals surface area contributed by atoms with E-state index in [9.17, 15) is 14.4 Å². The van der Waals surface area contributed by atoms with E-state index in [-0.39, 0.29) is 18.4 Å². The summed E-state index contributed by atoms with van der Waals surface area (Å²) in [6, 6.07) is 34.9. The number of nitrogens with one attached hydrogen (secondary N) is 2. The smallest absolute Gasteiger partial charge is 0.341 e. The molecule has 0 aliphatic carbocycles. The van der Waals surface area contributed by atoms with Crippen molar-refractivity contribution in [1.29, 1.82) is 0 Å². The van der Waals surface area contributed by atoms with Crippen molar-refractivity contribution in [2.24, 2.45) is 0 Å². The first kappa shape index (κ1) is 33.2. The minimum Gasteiger partial charge on any atom is -0.462 e. The molecule has 5 aromatic rings. The van der Waals surface area contributed by atoms with E-state index in [4.69, 9.17) is 4.74 Å². The number of amides is 2. The van der Waals surface area contributed by atoms with Crippen LogP contribution in [0.2, 0.25) is 0 Å².